The van der Waals surface area contributed by atoms with Gasteiger partial charge in [-0.25, -0.2) is 9.97 Å². The molecular weight excluding hydrogens is 569 g/mol. The Hall–Kier alpha value is -2.83. The van der Waals surface area contributed by atoms with Crippen molar-refractivity contribution >= 4 is 46.3 Å². The molecular formula is C29H33F3N6OS2. The minimum absolute atomic E-state index is 0.0888. The maximum absolute atomic E-state index is 14.1. The number of aryl methyl sites for hydroxylation is 1. The summed E-state index contributed by atoms with van der Waals surface area (Å²) in [5.41, 5.74) is 1.80. The Kier molecular flexibility index (Phi) is 7.67. The molecule has 1 N–H and O–H groups in total. The summed E-state index contributed by atoms with van der Waals surface area (Å²) in [4.78, 5) is 29.8. The molecule has 0 bridgehead atoms. The highest BCUT2D eigenvalue weighted by molar-refractivity contribution is 7.99. The van der Waals surface area contributed by atoms with E-state index >= 15 is 0 Å². The summed E-state index contributed by atoms with van der Waals surface area (Å²) >= 11 is 2.61. The van der Waals surface area contributed by atoms with Gasteiger partial charge in [-0.2, -0.15) is 13.2 Å². The molecule has 1 saturated carbocycles. The number of nitrogens with one attached hydrogen (secondary N) is 1. The number of hydrogen-bond acceptors (Lipinski definition) is 8. The molecule has 6 rings (SSSR count). The molecule has 3 aromatic rings. The average molecular weight is 603 g/mol. The number of hydrogen-bond donors (Lipinski definition) is 1. The molecule has 12 heteroatoms. The van der Waals surface area contributed by atoms with Crippen LogP contribution in [0.5, 0.6) is 0 Å². The summed E-state index contributed by atoms with van der Waals surface area (Å²) in [5.74, 6) is 0.717. The Balaban J connectivity index is 1.31. The molecule has 2 aromatic heterocycles. The SMILES string of the molecule is CCc1cc(N2CCN(C)[C@@H](C)C2)ccc1Nc1ncc(C(F)(F)F)c(-c2cc3c(s2)C(=O)N(C2CC2)CCS3)n1. The third-order valence-corrected chi connectivity index (χ3v) is 10.4. The minimum atomic E-state index is -4.64. The zero-order valence-electron chi connectivity index (χ0n) is 23.3. The molecule has 3 aliphatic rings. The van der Waals surface area contributed by atoms with Crippen LogP contribution in [0.1, 0.15) is 47.5 Å². The smallest absolute Gasteiger partial charge is 0.369 e. The largest absolute Gasteiger partial charge is 0.420 e. The van der Waals surface area contributed by atoms with Crippen molar-refractivity contribution in [2.45, 2.75) is 56.3 Å². The number of nitrogens with zero attached hydrogens (tertiary/aromatic N) is 5. The molecule has 1 aromatic carbocycles. The second kappa shape index (κ2) is 11.1. The van der Waals surface area contributed by atoms with Crippen LogP contribution in [0.15, 0.2) is 35.4 Å². The molecule has 4 heterocycles. The normalized spacial score (nSPS) is 20.2. The molecule has 0 unspecified atom stereocenters. The van der Waals surface area contributed by atoms with Crippen LogP contribution in [0.25, 0.3) is 10.6 Å². The lowest BCUT2D eigenvalue weighted by molar-refractivity contribution is -0.137. The highest BCUT2D eigenvalue weighted by Gasteiger charge is 2.39. The third kappa shape index (κ3) is 5.78. The summed E-state index contributed by atoms with van der Waals surface area (Å²) < 4.78 is 42.3. The van der Waals surface area contributed by atoms with Crippen molar-refractivity contribution < 1.29 is 18.0 Å². The standard InChI is InChI=1S/C29H33F3N6OS2/c1-4-18-13-20(37-10-9-36(3)17(2)16-37)7-8-22(18)34-28-33-15-21(29(30,31)32)25(35-28)23-14-24-26(41-23)27(39)38(11-12-40-24)19-5-6-19/h7-8,13-15,17,19H,4-6,9-12,16H2,1-3H3,(H,33,34,35)/t17-/m0/s1. The van der Waals surface area contributed by atoms with E-state index in [1.165, 1.54) is 11.8 Å². The molecule has 2 aliphatic heterocycles. The molecule has 7 nitrogen and oxygen atoms in total. The van der Waals surface area contributed by atoms with Gasteiger partial charge in [-0.1, -0.05) is 6.92 Å². The number of alkyl halides is 3. The van der Waals surface area contributed by atoms with Crippen LogP contribution in [0.3, 0.4) is 0 Å². The Morgan fingerprint density at radius 3 is 2.66 bits per heavy atom. The highest BCUT2D eigenvalue weighted by Crippen LogP contribution is 2.44. The molecule has 1 amide bonds. The second-order valence-electron chi connectivity index (χ2n) is 10.9. The van der Waals surface area contributed by atoms with E-state index in [1.807, 2.05) is 24.0 Å². The topological polar surface area (TPSA) is 64.6 Å². The first-order valence-electron chi connectivity index (χ1n) is 14.0. The number of piperazine rings is 1. The Labute approximate surface area is 246 Å². The van der Waals surface area contributed by atoms with Gasteiger partial charge in [0.15, 0.2) is 0 Å². The van der Waals surface area contributed by atoms with Gasteiger partial charge in [-0.15, -0.1) is 23.1 Å². The van der Waals surface area contributed by atoms with E-state index in [0.29, 0.717) is 22.3 Å². The molecule has 1 saturated heterocycles. The monoisotopic (exact) mass is 602 g/mol. The summed E-state index contributed by atoms with van der Waals surface area (Å²) in [6.45, 7) is 7.78. The number of carbonyl (C=O) groups is 1. The number of amides is 1. The number of thiophene rings is 1. The summed E-state index contributed by atoms with van der Waals surface area (Å²) in [7, 11) is 2.14. The Morgan fingerprint density at radius 1 is 1.15 bits per heavy atom. The van der Waals surface area contributed by atoms with Crippen molar-refractivity contribution in [3.63, 3.8) is 0 Å². The zero-order valence-corrected chi connectivity index (χ0v) is 24.9. The third-order valence-electron chi connectivity index (χ3n) is 8.10. The van der Waals surface area contributed by atoms with Gasteiger partial charge in [-0.05, 0) is 63.1 Å². The minimum Gasteiger partial charge on any atom is -0.369 e. The van der Waals surface area contributed by atoms with Crippen LogP contribution in [0.2, 0.25) is 0 Å². The lowest BCUT2D eigenvalue weighted by Gasteiger charge is -2.39. The molecule has 1 atom stereocenters. The molecule has 1 aliphatic carbocycles. The van der Waals surface area contributed by atoms with Gasteiger partial charge in [0.05, 0.1) is 10.6 Å². The maximum Gasteiger partial charge on any atom is 0.420 e. The number of fused-ring (bicyclic) bond motifs is 1. The molecule has 2 fully saturated rings. The van der Waals surface area contributed by atoms with Crippen molar-refractivity contribution in [1.82, 2.24) is 19.8 Å². The number of carbonyl (C=O) groups excluding carboxylic acids is 1. The fourth-order valence-corrected chi connectivity index (χ4v) is 7.72. The van der Waals surface area contributed by atoms with Gasteiger partial charge in [0.1, 0.15) is 10.4 Å². The van der Waals surface area contributed by atoms with Crippen LogP contribution in [0.4, 0.5) is 30.5 Å². The van der Waals surface area contributed by atoms with Crippen molar-refractivity contribution in [2.24, 2.45) is 0 Å². The van der Waals surface area contributed by atoms with E-state index in [2.05, 4.69) is 45.1 Å². The van der Waals surface area contributed by atoms with Crippen LogP contribution in [-0.2, 0) is 12.6 Å². The second-order valence-corrected chi connectivity index (χ2v) is 13.1. The van der Waals surface area contributed by atoms with E-state index in [1.54, 1.807) is 6.07 Å². The number of aromatic nitrogens is 2. The number of thioether (sulfide) groups is 1. The van der Waals surface area contributed by atoms with Crippen LogP contribution < -0.4 is 10.2 Å². The van der Waals surface area contributed by atoms with Crippen molar-refractivity contribution in [3.8, 4) is 10.6 Å². The summed E-state index contributed by atoms with van der Waals surface area (Å²) in [5, 5.41) is 3.18. The quantitative estimate of drug-likeness (QED) is 0.351. The predicted molar refractivity (Wildman–Crippen MR) is 159 cm³/mol. The van der Waals surface area contributed by atoms with E-state index < -0.39 is 11.7 Å². The predicted octanol–water partition coefficient (Wildman–Crippen LogP) is 6.38. The van der Waals surface area contributed by atoms with Crippen LogP contribution in [0, 0.1) is 0 Å². The number of likely N-dealkylation sites (N-methyl/N-ethyl adjacent to an activating group) is 1. The molecule has 41 heavy (non-hydrogen) atoms. The van der Waals surface area contributed by atoms with Gasteiger partial charge in [0.25, 0.3) is 5.91 Å². The van der Waals surface area contributed by atoms with E-state index in [0.717, 1.165) is 84.0 Å². The lowest BCUT2D eigenvalue weighted by atomic mass is 10.1. The fourth-order valence-electron chi connectivity index (χ4n) is 5.40. The van der Waals surface area contributed by atoms with E-state index in [9.17, 15) is 18.0 Å². The van der Waals surface area contributed by atoms with Gasteiger partial charge in [-0.3, -0.25) is 4.79 Å². The first-order chi connectivity index (χ1) is 19.6. The zero-order chi connectivity index (χ0) is 28.9. The van der Waals surface area contributed by atoms with Crippen molar-refractivity contribution in [1.29, 1.82) is 0 Å². The highest BCUT2D eigenvalue weighted by atomic mass is 32.2. The lowest BCUT2D eigenvalue weighted by Crippen LogP contribution is -2.50. The number of benzene rings is 1. The molecule has 218 valence electrons. The van der Waals surface area contributed by atoms with Gasteiger partial charge < -0.3 is 20.0 Å². The van der Waals surface area contributed by atoms with Gasteiger partial charge in [0, 0.05) is 66.5 Å². The average Bonchev–Trinajstić information content (AvgIpc) is 3.72. The number of anilines is 3. The first-order valence-corrected chi connectivity index (χ1v) is 15.8. The maximum atomic E-state index is 14.1. The molecule has 0 radical (unpaired) electrons. The first kappa shape index (κ1) is 28.3. The van der Waals surface area contributed by atoms with Crippen LogP contribution in [-0.4, -0.2) is 76.7 Å². The summed E-state index contributed by atoms with van der Waals surface area (Å²) in [6.07, 6.45) is -1.09. The van der Waals surface area contributed by atoms with Gasteiger partial charge in [0.2, 0.25) is 5.95 Å². The molecule has 0 spiro atoms. The van der Waals surface area contributed by atoms with E-state index in [-0.39, 0.29) is 23.6 Å². The fraction of sp³-hybridized carbons (Fsp3) is 0.483. The van der Waals surface area contributed by atoms with Crippen molar-refractivity contribution in [3.05, 3.63) is 46.5 Å². The Bertz CT molecular complexity index is 1460. The number of halogens is 3. The van der Waals surface area contributed by atoms with E-state index in [4.69, 9.17) is 0 Å². The summed E-state index contributed by atoms with van der Waals surface area (Å²) in [6, 6.07) is 8.50. The Morgan fingerprint density at radius 2 is 1.95 bits per heavy atom. The van der Waals surface area contributed by atoms with Gasteiger partial charge >= 0.3 is 6.18 Å². The van der Waals surface area contributed by atoms with Crippen LogP contribution >= 0.6 is 23.1 Å². The van der Waals surface area contributed by atoms with Crippen molar-refractivity contribution in [2.75, 3.05) is 49.2 Å². The number of rotatable bonds is 6.